The Hall–Kier alpha value is -2.77. The number of nitrogens with zero attached hydrogens (tertiary/aromatic N) is 1. The van der Waals surface area contributed by atoms with Crippen LogP contribution in [0.25, 0.3) is 0 Å². The van der Waals surface area contributed by atoms with Gasteiger partial charge in [-0.1, -0.05) is 18.2 Å². The zero-order chi connectivity index (χ0) is 19.3. The van der Waals surface area contributed by atoms with Crippen LogP contribution in [-0.2, 0) is 6.54 Å². The zero-order valence-electron chi connectivity index (χ0n) is 14.2. The molecular weight excluding hydrogens is 352 g/mol. The summed E-state index contributed by atoms with van der Waals surface area (Å²) in [5.41, 5.74) is 0.867. The summed E-state index contributed by atoms with van der Waals surface area (Å²) in [5, 5.41) is 2.71. The molecule has 2 aromatic rings. The summed E-state index contributed by atoms with van der Waals surface area (Å²) in [6.45, 7) is -1.22. The first kappa shape index (κ1) is 19.6. The van der Waals surface area contributed by atoms with Gasteiger partial charge in [-0.15, -0.1) is 0 Å². The maximum atomic E-state index is 13.7. The van der Waals surface area contributed by atoms with Gasteiger partial charge in [-0.05, 0) is 30.7 Å². The Morgan fingerprint density at radius 2 is 1.81 bits per heavy atom. The number of hydrogen-bond acceptors (Lipinski definition) is 2. The topological polar surface area (TPSA) is 41.6 Å². The van der Waals surface area contributed by atoms with Gasteiger partial charge in [0, 0.05) is 25.2 Å². The molecule has 1 atom stereocenters. The number of alkyl halides is 2. The number of carbonyl (C=O) groups is 1. The van der Waals surface area contributed by atoms with Crippen LogP contribution in [0.2, 0.25) is 0 Å². The van der Waals surface area contributed by atoms with E-state index in [-0.39, 0.29) is 17.9 Å². The number of rotatable bonds is 6. The molecular formula is C18H18F4N2O2. The lowest BCUT2D eigenvalue weighted by Gasteiger charge is -2.22. The van der Waals surface area contributed by atoms with E-state index in [1.54, 1.807) is 19.1 Å². The Kier molecular flexibility index (Phi) is 6.43. The lowest BCUT2D eigenvalue weighted by Crippen LogP contribution is -2.38. The number of hydrogen-bond donors (Lipinski definition) is 1. The Balaban J connectivity index is 1.95. The second-order valence-electron chi connectivity index (χ2n) is 5.71. The maximum absolute atomic E-state index is 13.7. The summed E-state index contributed by atoms with van der Waals surface area (Å²) in [4.78, 5) is 13.5. The van der Waals surface area contributed by atoms with Crippen molar-refractivity contribution in [3.63, 3.8) is 0 Å². The van der Waals surface area contributed by atoms with Gasteiger partial charge in [0.2, 0.25) is 0 Å². The summed E-state index contributed by atoms with van der Waals surface area (Å²) in [5.74, 6) is -1.40. The second kappa shape index (κ2) is 8.55. The third-order valence-electron chi connectivity index (χ3n) is 3.71. The van der Waals surface area contributed by atoms with E-state index in [1.165, 1.54) is 30.1 Å². The number of urea groups is 1. The van der Waals surface area contributed by atoms with Crippen LogP contribution in [0, 0.1) is 11.6 Å². The molecule has 4 nitrogen and oxygen atoms in total. The van der Waals surface area contributed by atoms with Crippen LogP contribution in [0.15, 0.2) is 42.5 Å². The standard InChI is InChI=1S/C18H18F4N2O2/c1-11(12-4-7-15(8-5-12)26-17(21)22)23-18(25)24(2)10-13-3-6-14(19)9-16(13)20/h3-9,11,17H,10H2,1-2H3,(H,23,25). The quantitative estimate of drug-likeness (QED) is 0.763. The van der Waals surface area contributed by atoms with Crippen molar-refractivity contribution in [1.29, 1.82) is 0 Å². The largest absolute Gasteiger partial charge is 0.435 e. The van der Waals surface area contributed by atoms with Crippen molar-refractivity contribution in [1.82, 2.24) is 10.2 Å². The number of benzene rings is 2. The summed E-state index contributed by atoms with van der Waals surface area (Å²) < 4.78 is 55.1. The van der Waals surface area contributed by atoms with Gasteiger partial charge < -0.3 is 15.0 Å². The van der Waals surface area contributed by atoms with E-state index >= 15 is 0 Å². The Labute approximate surface area is 148 Å². The van der Waals surface area contributed by atoms with Gasteiger partial charge in [0.1, 0.15) is 17.4 Å². The van der Waals surface area contributed by atoms with Crippen molar-refractivity contribution in [3.8, 4) is 5.75 Å². The fraction of sp³-hybridized carbons (Fsp3) is 0.278. The minimum atomic E-state index is -2.90. The van der Waals surface area contributed by atoms with Gasteiger partial charge in [-0.3, -0.25) is 0 Å². The van der Waals surface area contributed by atoms with Gasteiger partial charge >= 0.3 is 12.6 Å². The monoisotopic (exact) mass is 370 g/mol. The van der Waals surface area contributed by atoms with Crippen molar-refractivity contribution in [2.24, 2.45) is 0 Å². The minimum Gasteiger partial charge on any atom is -0.435 e. The first-order valence-corrected chi connectivity index (χ1v) is 7.76. The van der Waals surface area contributed by atoms with Gasteiger partial charge in [0.15, 0.2) is 0 Å². The van der Waals surface area contributed by atoms with E-state index in [2.05, 4.69) is 10.1 Å². The number of nitrogens with one attached hydrogen (secondary N) is 1. The van der Waals surface area contributed by atoms with Crippen LogP contribution < -0.4 is 10.1 Å². The van der Waals surface area contributed by atoms with Crippen LogP contribution in [0.4, 0.5) is 22.4 Å². The minimum absolute atomic E-state index is 0.0196. The van der Waals surface area contributed by atoms with Crippen molar-refractivity contribution in [2.45, 2.75) is 26.1 Å². The van der Waals surface area contributed by atoms with E-state index in [1.807, 2.05) is 0 Å². The molecule has 1 N–H and O–H groups in total. The zero-order valence-corrected chi connectivity index (χ0v) is 14.2. The molecule has 26 heavy (non-hydrogen) atoms. The molecule has 8 heteroatoms. The fourth-order valence-corrected chi connectivity index (χ4v) is 2.29. The first-order valence-electron chi connectivity index (χ1n) is 7.76. The molecule has 2 rings (SSSR count). The molecule has 140 valence electrons. The summed E-state index contributed by atoms with van der Waals surface area (Å²) in [6, 6.07) is 8.15. The lowest BCUT2D eigenvalue weighted by molar-refractivity contribution is -0.0498. The van der Waals surface area contributed by atoms with Crippen molar-refractivity contribution < 1.29 is 27.1 Å². The van der Waals surface area contributed by atoms with E-state index in [9.17, 15) is 22.4 Å². The molecule has 0 saturated heterocycles. The van der Waals surface area contributed by atoms with Crippen LogP contribution >= 0.6 is 0 Å². The molecule has 0 aromatic heterocycles. The number of ether oxygens (including phenoxy) is 1. The highest BCUT2D eigenvalue weighted by Gasteiger charge is 2.16. The molecule has 1 unspecified atom stereocenters. The highest BCUT2D eigenvalue weighted by Crippen LogP contribution is 2.19. The lowest BCUT2D eigenvalue weighted by atomic mass is 10.1. The van der Waals surface area contributed by atoms with Crippen molar-refractivity contribution in [3.05, 3.63) is 65.2 Å². The molecule has 0 aliphatic carbocycles. The average Bonchev–Trinajstić information content (AvgIpc) is 2.57. The molecule has 0 radical (unpaired) electrons. The number of amides is 2. The predicted octanol–water partition coefficient (Wildman–Crippen LogP) is 4.47. The molecule has 0 saturated carbocycles. The third kappa shape index (κ3) is 5.37. The van der Waals surface area contributed by atoms with Gasteiger partial charge in [-0.25, -0.2) is 13.6 Å². The molecule has 0 fully saturated rings. The van der Waals surface area contributed by atoms with Crippen LogP contribution in [0.3, 0.4) is 0 Å². The Bertz CT molecular complexity index is 753. The molecule has 2 amide bonds. The number of carbonyl (C=O) groups excluding carboxylic acids is 1. The van der Waals surface area contributed by atoms with Crippen molar-refractivity contribution >= 4 is 6.03 Å². The summed E-state index contributed by atoms with van der Waals surface area (Å²) in [6.07, 6.45) is 0. The fourth-order valence-electron chi connectivity index (χ4n) is 2.29. The second-order valence-corrected chi connectivity index (χ2v) is 5.71. The Morgan fingerprint density at radius 3 is 2.38 bits per heavy atom. The van der Waals surface area contributed by atoms with Crippen LogP contribution in [-0.4, -0.2) is 24.6 Å². The summed E-state index contributed by atoms with van der Waals surface area (Å²) >= 11 is 0. The van der Waals surface area contributed by atoms with E-state index < -0.39 is 30.3 Å². The highest BCUT2D eigenvalue weighted by atomic mass is 19.3. The predicted molar refractivity (Wildman–Crippen MR) is 87.8 cm³/mol. The smallest absolute Gasteiger partial charge is 0.387 e. The number of halogens is 4. The Morgan fingerprint density at radius 1 is 1.15 bits per heavy atom. The highest BCUT2D eigenvalue weighted by molar-refractivity contribution is 5.74. The van der Waals surface area contributed by atoms with E-state index in [4.69, 9.17) is 0 Å². The summed E-state index contributed by atoms with van der Waals surface area (Å²) in [7, 11) is 1.48. The molecule has 0 spiro atoms. The van der Waals surface area contributed by atoms with Gasteiger partial charge in [0.05, 0.1) is 6.04 Å². The molecule has 0 aliphatic rings. The van der Waals surface area contributed by atoms with Gasteiger partial charge in [0.25, 0.3) is 0 Å². The maximum Gasteiger partial charge on any atom is 0.387 e. The van der Waals surface area contributed by atoms with Crippen LogP contribution in [0.1, 0.15) is 24.1 Å². The third-order valence-corrected chi connectivity index (χ3v) is 3.71. The first-order chi connectivity index (χ1) is 12.3. The molecule has 2 aromatic carbocycles. The molecule has 0 aliphatic heterocycles. The van der Waals surface area contributed by atoms with E-state index in [0.717, 1.165) is 12.1 Å². The molecule has 0 bridgehead atoms. The normalized spacial score (nSPS) is 12.0. The van der Waals surface area contributed by atoms with E-state index in [0.29, 0.717) is 5.56 Å². The van der Waals surface area contributed by atoms with Gasteiger partial charge in [-0.2, -0.15) is 8.78 Å². The van der Waals surface area contributed by atoms with Crippen LogP contribution in [0.5, 0.6) is 5.75 Å². The van der Waals surface area contributed by atoms with Crippen molar-refractivity contribution in [2.75, 3.05) is 7.05 Å². The SMILES string of the molecule is CC(NC(=O)N(C)Cc1ccc(F)cc1F)c1ccc(OC(F)F)cc1. The molecule has 0 heterocycles. The average molecular weight is 370 g/mol.